The molecule has 0 aromatic rings. The average Bonchev–Trinajstić information content (AvgIpc) is 1.67. The number of hydrogen-bond donors (Lipinski definition) is 1. The summed E-state index contributed by atoms with van der Waals surface area (Å²) < 4.78 is 19.7. The smallest absolute Gasteiger partial charge is 0.148 e. The van der Waals surface area contributed by atoms with Gasteiger partial charge in [0.25, 0.3) is 0 Å². The monoisotopic (exact) mass is 134 g/mol. The van der Waals surface area contributed by atoms with Crippen LogP contribution < -0.4 is 0 Å². The summed E-state index contributed by atoms with van der Waals surface area (Å²) in [5.41, 5.74) is 0. The maximum atomic E-state index is 10.2. The predicted molar refractivity (Wildman–Crippen MR) is 34.6 cm³/mol. The molecule has 0 radical (unpaired) electrons. The minimum Gasteiger partial charge on any atom is -0.231 e. The van der Waals surface area contributed by atoms with Crippen molar-refractivity contribution in [1.82, 2.24) is 0 Å². The molecule has 0 saturated carbocycles. The van der Waals surface area contributed by atoms with Crippen LogP contribution in [0.1, 0.15) is 13.8 Å². The Kier molecular flexibility index (Phi) is 2.22. The fourth-order valence-corrected chi connectivity index (χ4v) is 0.224. The van der Waals surface area contributed by atoms with E-state index in [4.69, 9.17) is 0 Å². The lowest BCUT2D eigenvalue weighted by atomic mass is 10.2. The lowest BCUT2D eigenvalue weighted by molar-refractivity contribution is 0.593. The van der Waals surface area contributed by atoms with Crippen LogP contribution in [0, 0.1) is 0 Å². The van der Waals surface area contributed by atoms with Crippen LogP contribution in [0.15, 0.2) is 12.7 Å². The molecule has 0 N–H and O–H groups in total. The molecule has 48 valence electrons. The normalized spacial score (nSPS) is 11.9. The zero-order chi connectivity index (χ0) is 6.78. The van der Waals surface area contributed by atoms with Crippen molar-refractivity contribution < 1.29 is 8.42 Å². The van der Waals surface area contributed by atoms with Gasteiger partial charge in [-0.05, 0) is 13.8 Å². The van der Waals surface area contributed by atoms with E-state index in [1.54, 1.807) is 13.8 Å². The Balaban J connectivity index is 4.36. The maximum absolute atomic E-state index is 10.2. The molecule has 0 aliphatic heterocycles. The Morgan fingerprint density at radius 2 is 1.88 bits per heavy atom. The third-order valence-corrected chi connectivity index (χ3v) is 2.09. The van der Waals surface area contributed by atoms with Gasteiger partial charge in [-0.25, -0.2) is 8.42 Å². The van der Waals surface area contributed by atoms with Gasteiger partial charge in [0.05, 0.1) is 4.75 Å². The van der Waals surface area contributed by atoms with Crippen LogP contribution in [0.3, 0.4) is 0 Å². The summed E-state index contributed by atoms with van der Waals surface area (Å²) in [4.78, 5) is 0. The first-order valence-electron chi connectivity index (χ1n) is 2.29. The summed E-state index contributed by atoms with van der Waals surface area (Å²) in [6.07, 6.45) is 1.42. The van der Waals surface area contributed by atoms with Gasteiger partial charge in [0.15, 0.2) is 0 Å². The number of thiol groups is 1. The molecule has 0 amide bonds. The van der Waals surface area contributed by atoms with Gasteiger partial charge in [-0.15, -0.1) is 6.58 Å². The van der Waals surface area contributed by atoms with Gasteiger partial charge in [0, 0.05) is 0 Å². The first-order chi connectivity index (χ1) is 3.50. The van der Waals surface area contributed by atoms with Crippen LogP contribution in [-0.2, 0) is 10.7 Å². The Labute approximate surface area is 51.2 Å². The summed E-state index contributed by atoms with van der Waals surface area (Å²) in [6, 6.07) is 0. The summed E-state index contributed by atoms with van der Waals surface area (Å²) in [5.74, 6) is 0. The summed E-state index contributed by atoms with van der Waals surface area (Å²) in [5, 5.41) is 0. The average molecular weight is 134 g/mol. The van der Waals surface area contributed by atoms with Gasteiger partial charge >= 0.3 is 0 Å². The second-order valence-corrected chi connectivity index (χ2v) is 3.78. The minimum absolute atomic E-state index is 0.741. The van der Waals surface area contributed by atoms with Crippen molar-refractivity contribution in [2.24, 2.45) is 0 Å². The number of hydrogen-bond acceptors (Lipinski definition) is 2. The molecule has 0 atom stereocenters. The third-order valence-electron chi connectivity index (χ3n) is 0.970. The highest BCUT2D eigenvalue weighted by atomic mass is 32.2. The molecule has 0 saturated heterocycles. The Bertz CT molecular complexity index is 148. The molecular weight excluding hydrogens is 124 g/mol. The van der Waals surface area contributed by atoms with Crippen LogP contribution in [0.25, 0.3) is 0 Å². The molecule has 8 heavy (non-hydrogen) atoms. The van der Waals surface area contributed by atoms with Gasteiger partial charge in [-0.3, -0.25) is 0 Å². The van der Waals surface area contributed by atoms with Crippen LogP contribution in [-0.4, -0.2) is 13.2 Å². The highest BCUT2D eigenvalue weighted by molar-refractivity contribution is 7.74. The molecule has 0 aliphatic rings. The molecule has 0 aliphatic carbocycles. The molecule has 0 bridgehead atoms. The summed E-state index contributed by atoms with van der Waals surface area (Å²) in [6.45, 7) is 6.58. The molecule has 0 fully saturated rings. The fraction of sp³-hybridized carbons (Fsp3) is 0.600. The van der Waals surface area contributed by atoms with E-state index in [0.29, 0.717) is 0 Å². The first kappa shape index (κ1) is 7.69. The zero-order valence-electron chi connectivity index (χ0n) is 5.05. The zero-order valence-corrected chi connectivity index (χ0v) is 5.94. The summed E-state index contributed by atoms with van der Waals surface area (Å²) >= 11 is 0. The van der Waals surface area contributed by atoms with E-state index in [9.17, 15) is 8.42 Å². The van der Waals surface area contributed by atoms with Crippen molar-refractivity contribution in [2.45, 2.75) is 18.6 Å². The van der Waals surface area contributed by atoms with E-state index in [0.717, 1.165) is 0 Å². The second kappa shape index (κ2) is 2.31. The Morgan fingerprint density at radius 1 is 1.50 bits per heavy atom. The van der Waals surface area contributed by atoms with Crippen LogP contribution in [0.5, 0.6) is 0 Å². The second-order valence-electron chi connectivity index (χ2n) is 2.11. The number of rotatable bonds is 2. The quantitative estimate of drug-likeness (QED) is 0.442. The van der Waals surface area contributed by atoms with Crippen molar-refractivity contribution in [1.29, 1.82) is 0 Å². The topological polar surface area (TPSA) is 34.1 Å². The lowest BCUT2D eigenvalue weighted by Crippen LogP contribution is -2.16. The van der Waals surface area contributed by atoms with Gasteiger partial charge < -0.3 is 0 Å². The van der Waals surface area contributed by atoms with E-state index in [1.165, 1.54) is 6.08 Å². The predicted octanol–water partition coefficient (Wildman–Crippen LogP) is 0.562. The molecule has 0 rings (SSSR count). The van der Waals surface area contributed by atoms with E-state index >= 15 is 0 Å². The van der Waals surface area contributed by atoms with Gasteiger partial charge in [0.1, 0.15) is 10.7 Å². The standard InChI is InChI=1S/C5H10O2S/c1-4-5(2,3)8(6)7/h4,8H,1H2,2-3H3. The van der Waals surface area contributed by atoms with Crippen LogP contribution >= 0.6 is 0 Å². The van der Waals surface area contributed by atoms with E-state index in [-0.39, 0.29) is 0 Å². The highest BCUT2D eigenvalue weighted by Crippen LogP contribution is 2.06. The first-order valence-corrected chi connectivity index (χ1v) is 3.46. The molecule has 0 spiro atoms. The lowest BCUT2D eigenvalue weighted by Gasteiger charge is -2.07. The van der Waals surface area contributed by atoms with Gasteiger partial charge in [-0.1, -0.05) is 6.08 Å². The molecular formula is C5H10O2S. The van der Waals surface area contributed by atoms with Crippen LogP contribution in [0.2, 0.25) is 0 Å². The van der Waals surface area contributed by atoms with Crippen molar-refractivity contribution in [3.8, 4) is 0 Å². The molecule has 0 heterocycles. The highest BCUT2D eigenvalue weighted by Gasteiger charge is 2.14. The third kappa shape index (κ3) is 1.66. The van der Waals surface area contributed by atoms with E-state index in [1.807, 2.05) is 0 Å². The maximum Gasteiger partial charge on any atom is 0.148 e. The largest absolute Gasteiger partial charge is 0.231 e. The van der Waals surface area contributed by atoms with Crippen molar-refractivity contribution in [2.75, 3.05) is 0 Å². The molecule has 0 aromatic carbocycles. The van der Waals surface area contributed by atoms with Crippen molar-refractivity contribution >= 4 is 10.7 Å². The fourth-order valence-electron chi connectivity index (χ4n) is 0.0745. The van der Waals surface area contributed by atoms with Gasteiger partial charge in [0.2, 0.25) is 0 Å². The van der Waals surface area contributed by atoms with Gasteiger partial charge in [-0.2, -0.15) is 0 Å². The van der Waals surface area contributed by atoms with Crippen LogP contribution in [0.4, 0.5) is 0 Å². The minimum atomic E-state index is -2.36. The van der Waals surface area contributed by atoms with E-state index in [2.05, 4.69) is 6.58 Å². The SMILES string of the molecule is C=CC(C)(C)[SH](=O)=O. The van der Waals surface area contributed by atoms with Crippen molar-refractivity contribution in [3.05, 3.63) is 12.7 Å². The van der Waals surface area contributed by atoms with E-state index < -0.39 is 15.5 Å². The molecule has 2 nitrogen and oxygen atoms in total. The molecule has 0 aromatic heterocycles. The van der Waals surface area contributed by atoms with Crippen molar-refractivity contribution in [3.63, 3.8) is 0 Å². The Morgan fingerprint density at radius 3 is 1.88 bits per heavy atom. The molecule has 3 heteroatoms. The summed E-state index contributed by atoms with van der Waals surface area (Å²) in [7, 11) is -2.36. The Hall–Kier alpha value is -0.310. The molecule has 0 unspecified atom stereocenters.